The van der Waals surface area contributed by atoms with Crippen LogP contribution < -0.4 is 9.47 Å². The Labute approximate surface area is 135 Å². The summed E-state index contributed by atoms with van der Waals surface area (Å²) in [4.78, 5) is 14.0. The Bertz CT molecular complexity index is 687. The van der Waals surface area contributed by atoms with E-state index in [1.54, 1.807) is 30.1 Å². The van der Waals surface area contributed by atoms with E-state index >= 15 is 0 Å². The molecule has 0 radical (unpaired) electrons. The highest BCUT2D eigenvalue weighted by Crippen LogP contribution is 2.28. The van der Waals surface area contributed by atoms with E-state index in [4.69, 9.17) is 9.47 Å². The van der Waals surface area contributed by atoms with Crippen LogP contribution in [0, 0.1) is 0 Å². The average Bonchev–Trinajstić information content (AvgIpc) is 2.79. The molecule has 0 saturated carbocycles. The van der Waals surface area contributed by atoms with Gasteiger partial charge in [-0.05, 0) is 25.2 Å². The van der Waals surface area contributed by atoms with Gasteiger partial charge >= 0.3 is 0 Å². The van der Waals surface area contributed by atoms with E-state index in [0.717, 1.165) is 0 Å². The maximum atomic E-state index is 12.4. The van der Waals surface area contributed by atoms with Gasteiger partial charge in [0.15, 0.2) is 27.1 Å². The molecule has 8 heteroatoms. The van der Waals surface area contributed by atoms with Crippen molar-refractivity contribution < 1.29 is 27.8 Å². The van der Waals surface area contributed by atoms with Gasteiger partial charge in [0.2, 0.25) is 0 Å². The van der Waals surface area contributed by atoms with E-state index in [-0.39, 0.29) is 23.8 Å². The van der Waals surface area contributed by atoms with E-state index < -0.39 is 22.0 Å². The Morgan fingerprint density at radius 3 is 2.43 bits per heavy atom. The number of carbonyl (C=O) groups is 1. The summed E-state index contributed by atoms with van der Waals surface area (Å²) in [7, 11) is 1.38. The molecule has 1 aromatic carbocycles. The van der Waals surface area contributed by atoms with E-state index in [1.165, 1.54) is 14.2 Å². The Balaban J connectivity index is 2.10. The number of carbonyl (C=O) groups excluding carboxylic acids is 1. The van der Waals surface area contributed by atoms with Crippen molar-refractivity contribution in [2.24, 2.45) is 0 Å². The monoisotopic (exact) mass is 343 g/mol. The van der Waals surface area contributed by atoms with E-state index in [0.29, 0.717) is 17.1 Å². The molecule has 1 aliphatic heterocycles. The van der Waals surface area contributed by atoms with Crippen LogP contribution in [0.2, 0.25) is 0 Å². The van der Waals surface area contributed by atoms with Gasteiger partial charge in [-0.3, -0.25) is 9.69 Å². The number of aliphatic hydroxyl groups is 1. The topological polar surface area (TPSA) is 93.1 Å². The molecule has 0 aliphatic carbocycles. The van der Waals surface area contributed by atoms with E-state index in [1.807, 2.05) is 0 Å². The lowest BCUT2D eigenvalue weighted by molar-refractivity contribution is 0.0789. The third-order valence-corrected chi connectivity index (χ3v) is 5.66. The Morgan fingerprint density at radius 1 is 1.26 bits per heavy atom. The SMILES string of the molecule is COc1ccc(C(=O)CN(C)[C@@H]2CS(=O)(=O)C[C@@H]2O)cc1OC. The smallest absolute Gasteiger partial charge is 0.176 e. The van der Waals surface area contributed by atoms with Crippen LogP contribution in [0.1, 0.15) is 10.4 Å². The second-order valence-corrected chi connectivity index (χ2v) is 7.77. The van der Waals surface area contributed by atoms with Crippen molar-refractivity contribution in [1.82, 2.24) is 4.90 Å². The van der Waals surface area contributed by atoms with Gasteiger partial charge in [-0.2, -0.15) is 0 Å². The molecule has 1 saturated heterocycles. The molecule has 0 unspecified atom stereocenters. The average molecular weight is 343 g/mol. The number of ether oxygens (including phenoxy) is 2. The first-order chi connectivity index (χ1) is 10.8. The second-order valence-electron chi connectivity index (χ2n) is 5.62. The fourth-order valence-electron chi connectivity index (χ4n) is 2.68. The lowest BCUT2D eigenvalue weighted by Gasteiger charge is -2.25. The number of benzene rings is 1. The fraction of sp³-hybridized carbons (Fsp3) is 0.533. The molecule has 1 N–H and O–H groups in total. The maximum absolute atomic E-state index is 12.4. The van der Waals surface area contributed by atoms with Gasteiger partial charge in [-0.25, -0.2) is 8.42 Å². The van der Waals surface area contributed by atoms with Crippen molar-refractivity contribution in [2.75, 3.05) is 39.3 Å². The predicted molar refractivity (Wildman–Crippen MR) is 85.0 cm³/mol. The van der Waals surface area contributed by atoms with Crippen molar-refractivity contribution >= 4 is 15.6 Å². The molecular weight excluding hydrogens is 322 g/mol. The number of nitrogens with zero attached hydrogens (tertiary/aromatic N) is 1. The minimum Gasteiger partial charge on any atom is -0.493 e. The minimum absolute atomic E-state index is 0.00668. The first kappa shape index (κ1) is 17.7. The minimum atomic E-state index is -3.25. The highest BCUT2D eigenvalue weighted by atomic mass is 32.2. The van der Waals surface area contributed by atoms with Gasteiger partial charge in [-0.15, -0.1) is 0 Å². The normalized spacial score (nSPS) is 23.0. The molecule has 1 aliphatic rings. The van der Waals surface area contributed by atoms with Crippen LogP contribution in [0.25, 0.3) is 0 Å². The van der Waals surface area contributed by atoms with E-state index in [9.17, 15) is 18.3 Å². The lowest BCUT2D eigenvalue weighted by Crippen LogP contribution is -2.43. The molecule has 23 heavy (non-hydrogen) atoms. The van der Waals surface area contributed by atoms with Crippen molar-refractivity contribution in [3.8, 4) is 11.5 Å². The third kappa shape index (κ3) is 4.01. The highest BCUT2D eigenvalue weighted by Gasteiger charge is 2.39. The molecule has 2 rings (SSSR count). The van der Waals surface area contributed by atoms with Crippen molar-refractivity contribution in [3.63, 3.8) is 0 Å². The molecule has 0 bridgehead atoms. The number of likely N-dealkylation sites (N-methyl/N-ethyl adjacent to an activating group) is 1. The quantitative estimate of drug-likeness (QED) is 0.725. The summed E-state index contributed by atoms with van der Waals surface area (Å²) in [5.74, 6) is 0.389. The molecule has 2 atom stereocenters. The number of hydrogen-bond acceptors (Lipinski definition) is 7. The summed E-state index contributed by atoms with van der Waals surface area (Å²) in [5.41, 5.74) is 0.435. The lowest BCUT2D eigenvalue weighted by atomic mass is 10.1. The molecular formula is C15H21NO6S. The predicted octanol–water partition coefficient (Wildman–Crippen LogP) is -0.0238. The van der Waals surface area contributed by atoms with Crippen molar-refractivity contribution in [1.29, 1.82) is 0 Å². The molecule has 1 aromatic rings. The zero-order valence-electron chi connectivity index (χ0n) is 13.4. The van der Waals surface area contributed by atoms with Crippen LogP contribution in [-0.4, -0.2) is 75.7 Å². The summed E-state index contributed by atoms with van der Waals surface area (Å²) in [6.45, 7) is 0.00668. The van der Waals surface area contributed by atoms with E-state index in [2.05, 4.69) is 0 Å². The van der Waals surface area contributed by atoms with Gasteiger partial charge in [0.1, 0.15) is 0 Å². The summed E-state index contributed by atoms with van der Waals surface area (Å²) in [6.07, 6.45) is -0.969. The molecule has 128 valence electrons. The summed E-state index contributed by atoms with van der Waals surface area (Å²) >= 11 is 0. The van der Waals surface area contributed by atoms with Crippen LogP contribution in [0.5, 0.6) is 11.5 Å². The summed E-state index contributed by atoms with van der Waals surface area (Å²) < 4.78 is 33.4. The number of ketones is 1. The van der Waals surface area contributed by atoms with Gasteiger partial charge in [0.25, 0.3) is 0 Å². The third-order valence-electron chi connectivity index (χ3n) is 3.96. The van der Waals surface area contributed by atoms with Gasteiger partial charge in [0, 0.05) is 5.56 Å². The number of sulfone groups is 1. The van der Waals surface area contributed by atoms with Crippen molar-refractivity contribution in [2.45, 2.75) is 12.1 Å². The fourth-order valence-corrected chi connectivity index (χ4v) is 4.55. The van der Waals surface area contributed by atoms with Crippen LogP contribution in [-0.2, 0) is 9.84 Å². The Morgan fingerprint density at radius 2 is 1.91 bits per heavy atom. The number of rotatable bonds is 6. The van der Waals surface area contributed by atoms with Crippen LogP contribution in [0.3, 0.4) is 0 Å². The highest BCUT2D eigenvalue weighted by molar-refractivity contribution is 7.91. The number of hydrogen-bond donors (Lipinski definition) is 1. The Hall–Kier alpha value is -1.64. The maximum Gasteiger partial charge on any atom is 0.176 e. The van der Waals surface area contributed by atoms with Crippen LogP contribution in [0.15, 0.2) is 18.2 Å². The van der Waals surface area contributed by atoms with Crippen LogP contribution >= 0.6 is 0 Å². The van der Waals surface area contributed by atoms with Gasteiger partial charge in [-0.1, -0.05) is 0 Å². The number of methoxy groups -OCH3 is 2. The second kappa shape index (κ2) is 6.86. The van der Waals surface area contributed by atoms with Crippen molar-refractivity contribution in [3.05, 3.63) is 23.8 Å². The van der Waals surface area contributed by atoms with Crippen LogP contribution in [0.4, 0.5) is 0 Å². The number of aliphatic hydroxyl groups excluding tert-OH is 1. The summed E-state index contributed by atoms with van der Waals surface area (Å²) in [5, 5.41) is 9.86. The molecule has 1 heterocycles. The van der Waals surface area contributed by atoms with Gasteiger partial charge < -0.3 is 14.6 Å². The molecule has 0 spiro atoms. The molecule has 7 nitrogen and oxygen atoms in total. The largest absolute Gasteiger partial charge is 0.493 e. The molecule has 0 aromatic heterocycles. The number of Topliss-reactive ketones (excluding diaryl/α,β-unsaturated/α-hetero) is 1. The zero-order chi connectivity index (χ0) is 17.2. The first-order valence-electron chi connectivity index (χ1n) is 7.11. The Kier molecular flexibility index (Phi) is 5.28. The zero-order valence-corrected chi connectivity index (χ0v) is 14.2. The molecule has 1 fully saturated rings. The molecule has 0 amide bonds. The standard InChI is InChI=1S/C15H21NO6S/c1-16(11-8-23(19,20)9-13(11)18)7-12(17)10-4-5-14(21-2)15(6-10)22-3/h4-6,11,13,18H,7-9H2,1-3H3/t11-,13+/m1/s1. The summed E-state index contributed by atoms with van der Waals surface area (Å²) in [6, 6.07) is 4.28. The van der Waals surface area contributed by atoms with Gasteiger partial charge in [0.05, 0.1) is 44.4 Å². The first-order valence-corrected chi connectivity index (χ1v) is 8.93.